The Hall–Kier alpha value is -2.38. The second-order valence-corrected chi connectivity index (χ2v) is 6.91. The van der Waals surface area contributed by atoms with Gasteiger partial charge in [0.05, 0.1) is 22.7 Å². The van der Waals surface area contributed by atoms with E-state index in [1.807, 2.05) is 6.92 Å². The molecule has 0 unspecified atom stereocenters. The van der Waals surface area contributed by atoms with E-state index in [4.69, 9.17) is 11.6 Å². The Labute approximate surface area is 158 Å². The molecule has 0 saturated heterocycles. The summed E-state index contributed by atoms with van der Waals surface area (Å²) in [7, 11) is 0. The van der Waals surface area contributed by atoms with Gasteiger partial charge in [-0.3, -0.25) is 4.79 Å². The number of carbonyl (C=O) groups excluding carboxylic acids is 1. The largest absolute Gasteiger partial charge is 0.438 e. The number of alkyl halides is 3. The summed E-state index contributed by atoms with van der Waals surface area (Å²) < 4.78 is 40.9. The van der Waals surface area contributed by atoms with Gasteiger partial charge in [-0.2, -0.15) is 23.3 Å². The summed E-state index contributed by atoms with van der Waals surface area (Å²) >= 11 is 6.02. The number of aliphatic hydroxyl groups is 1. The lowest BCUT2D eigenvalue weighted by molar-refractivity contribution is -0.297. The molecule has 0 saturated carbocycles. The van der Waals surface area contributed by atoms with Crippen LogP contribution in [0.1, 0.15) is 33.5 Å². The van der Waals surface area contributed by atoms with Crippen molar-refractivity contribution in [1.82, 2.24) is 5.01 Å². The van der Waals surface area contributed by atoms with Gasteiger partial charge in [0.25, 0.3) is 11.6 Å². The fourth-order valence-corrected chi connectivity index (χ4v) is 3.11. The van der Waals surface area contributed by atoms with Gasteiger partial charge in [0.1, 0.15) is 0 Å². The Balaban J connectivity index is 2.07. The van der Waals surface area contributed by atoms with Crippen molar-refractivity contribution in [3.63, 3.8) is 0 Å². The lowest BCUT2D eigenvalue weighted by Crippen LogP contribution is -2.56. The standard InChI is InChI=1S/C19H16ClF3N2O2/c1-11-3-6-13(7-4-11)16-10-18(27,19(21,22)23)25(24-16)17(26)14-8-5-12(2)9-15(14)20/h3-9,27H,10H2,1-2H3/t18-/m1/s1. The first-order valence-electron chi connectivity index (χ1n) is 8.07. The number of aryl methyl sites for hydroxylation is 2. The molecular weight excluding hydrogens is 381 g/mol. The summed E-state index contributed by atoms with van der Waals surface area (Å²) in [5, 5.41) is 14.3. The second kappa shape index (κ2) is 6.65. The van der Waals surface area contributed by atoms with E-state index >= 15 is 0 Å². The number of carbonyl (C=O) groups is 1. The van der Waals surface area contributed by atoms with E-state index < -0.39 is 24.2 Å². The lowest BCUT2D eigenvalue weighted by atomic mass is 9.99. The summed E-state index contributed by atoms with van der Waals surface area (Å²) in [4.78, 5) is 12.7. The minimum atomic E-state index is -5.10. The molecule has 4 nitrogen and oxygen atoms in total. The van der Waals surface area contributed by atoms with Crippen LogP contribution in [-0.4, -0.2) is 33.6 Å². The third kappa shape index (κ3) is 3.44. The molecule has 142 valence electrons. The number of benzene rings is 2. The van der Waals surface area contributed by atoms with Crippen LogP contribution in [0.15, 0.2) is 47.6 Å². The number of hydrogen-bond acceptors (Lipinski definition) is 3. The Bertz CT molecular complexity index is 926. The van der Waals surface area contributed by atoms with Crippen LogP contribution in [-0.2, 0) is 0 Å². The maximum Gasteiger partial charge on any atom is 0.438 e. The molecule has 1 aliphatic heterocycles. The summed E-state index contributed by atoms with van der Waals surface area (Å²) in [6.45, 7) is 3.57. The number of hydrogen-bond donors (Lipinski definition) is 1. The highest BCUT2D eigenvalue weighted by atomic mass is 35.5. The van der Waals surface area contributed by atoms with Gasteiger partial charge in [-0.1, -0.05) is 47.5 Å². The minimum absolute atomic E-state index is 0.0106. The fraction of sp³-hybridized carbons (Fsp3) is 0.263. The molecule has 0 aromatic heterocycles. The van der Waals surface area contributed by atoms with Gasteiger partial charge in [-0.05, 0) is 37.1 Å². The number of halogens is 4. The first-order valence-corrected chi connectivity index (χ1v) is 8.45. The monoisotopic (exact) mass is 396 g/mol. The molecule has 1 N–H and O–H groups in total. The molecule has 0 spiro atoms. The average molecular weight is 397 g/mol. The second-order valence-electron chi connectivity index (χ2n) is 6.50. The number of amides is 1. The van der Waals surface area contributed by atoms with Crippen LogP contribution in [0.4, 0.5) is 13.2 Å². The van der Waals surface area contributed by atoms with Crippen molar-refractivity contribution in [2.75, 3.05) is 0 Å². The predicted octanol–water partition coefficient (Wildman–Crippen LogP) is 4.46. The van der Waals surface area contributed by atoms with Crippen LogP contribution in [0.5, 0.6) is 0 Å². The topological polar surface area (TPSA) is 52.9 Å². The molecule has 27 heavy (non-hydrogen) atoms. The quantitative estimate of drug-likeness (QED) is 0.815. The van der Waals surface area contributed by atoms with Gasteiger partial charge < -0.3 is 5.11 Å². The van der Waals surface area contributed by atoms with Crippen LogP contribution in [0.25, 0.3) is 0 Å². The smallest absolute Gasteiger partial charge is 0.362 e. The molecular formula is C19H16ClF3N2O2. The molecule has 3 rings (SSSR count). The Morgan fingerprint density at radius 2 is 1.74 bits per heavy atom. The van der Waals surface area contributed by atoms with E-state index in [9.17, 15) is 23.1 Å². The van der Waals surface area contributed by atoms with Gasteiger partial charge in [0, 0.05) is 0 Å². The van der Waals surface area contributed by atoms with Crippen molar-refractivity contribution < 1.29 is 23.1 Å². The normalized spacial score (nSPS) is 20.0. The summed E-state index contributed by atoms with van der Waals surface area (Å²) in [6, 6.07) is 10.9. The van der Waals surface area contributed by atoms with Crippen molar-refractivity contribution in [3.8, 4) is 0 Å². The molecule has 1 atom stereocenters. The summed E-state index contributed by atoms with van der Waals surface area (Å²) in [5.74, 6) is -1.12. The predicted molar refractivity (Wildman–Crippen MR) is 95.7 cm³/mol. The van der Waals surface area contributed by atoms with Gasteiger partial charge in [0.15, 0.2) is 0 Å². The Kier molecular flexibility index (Phi) is 4.78. The molecule has 0 fully saturated rings. The molecule has 0 aliphatic carbocycles. The first-order chi connectivity index (χ1) is 12.5. The minimum Gasteiger partial charge on any atom is -0.362 e. The van der Waals surface area contributed by atoms with Gasteiger partial charge in [0.2, 0.25) is 0 Å². The van der Waals surface area contributed by atoms with Crippen LogP contribution >= 0.6 is 11.6 Å². The zero-order valence-electron chi connectivity index (χ0n) is 14.5. The third-order valence-electron chi connectivity index (χ3n) is 4.37. The van der Waals surface area contributed by atoms with E-state index in [1.54, 1.807) is 37.3 Å². The van der Waals surface area contributed by atoms with Crippen LogP contribution < -0.4 is 0 Å². The van der Waals surface area contributed by atoms with E-state index in [0.29, 0.717) is 5.56 Å². The molecule has 0 bridgehead atoms. The maximum absolute atomic E-state index is 13.6. The van der Waals surface area contributed by atoms with Crippen molar-refractivity contribution in [3.05, 3.63) is 69.7 Å². The highest BCUT2D eigenvalue weighted by Gasteiger charge is 2.63. The van der Waals surface area contributed by atoms with E-state index in [2.05, 4.69) is 5.10 Å². The fourth-order valence-electron chi connectivity index (χ4n) is 2.79. The van der Waals surface area contributed by atoms with Crippen molar-refractivity contribution in [1.29, 1.82) is 0 Å². The van der Waals surface area contributed by atoms with Gasteiger partial charge in [-0.25, -0.2) is 0 Å². The molecule has 2 aromatic rings. The SMILES string of the molecule is Cc1ccc(C2=NN(C(=O)c3ccc(C)cc3Cl)[C@](O)(C(F)(F)F)C2)cc1. The van der Waals surface area contributed by atoms with Crippen molar-refractivity contribution in [2.45, 2.75) is 32.2 Å². The van der Waals surface area contributed by atoms with Gasteiger partial charge >= 0.3 is 6.18 Å². The summed E-state index contributed by atoms with van der Waals surface area (Å²) in [5.41, 5.74) is -1.59. The van der Waals surface area contributed by atoms with Crippen LogP contribution in [0.2, 0.25) is 5.02 Å². The molecule has 8 heteroatoms. The van der Waals surface area contributed by atoms with Crippen LogP contribution in [0, 0.1) is 13.8 Å². The van der Waals surface area contributed by atoms with E-state index in [0.717, 1.165) is 11.1 Å². The average Bonchev–Trinajstić information content (AvgIpc) is 2.94. The molecule has 1 heterocycles. The highest BCUT2D eigenvalue weighted by Crippen LogP contribution is 2.42. The number of rotatable bonds is 2. The summed E-state index contributed by atoms with van der Waals surface area (Å²) in [6.07, 6.45) is -5.97. The lowest BCUT2D eigenvalue weighted by Gasteiger charge is -2.32. The third-order valence-corrected chi connectivity index (χ3v) is 4.68. The van der Waals surface area contributed by atoms with Crippen LogP contribution in [0.3, 0.4) is 0 Å². The van der Waals surface area contributed by atoms with E-state index in [1.165, 1.54) is 12.1 Å². The first kappa shape index (κ1) is 19.4. The number of nitrogens with zero attached hydrogens (tertiary/aromatic N) is 2. The maximum atomic E-state index is 13.6. The van der Waals surface area contributed by atoms with Crippen molar-refractivity contribution >= 4 is 23.2 Å². The van der Waals surface area contributed by atoms with Gasteiger partial charge in [-0.15, -0.1) is 0 Å². The highest BCUT2D eigenvalue weighted by molar-refractivity contribution is 6.34. The zero-order valence-corrected chi connectivity index (χ0v) is 15.3. The van der Waals surface area contributed by atoms with E-state index in [-0.39, 0.29) is 21.3 Å². The molecule has 1 aliphatic rings. The molecule has 2 aromatic carbocycles. The molecule has 0 radical (unpaired) electrons. The number of hydrazone groups is 1. The zero-order chi connectivity index (χ0) is 20.0. The van der Waals surface area contributed by atoms with Crippen molar-refractivity contribution in [2.24, 2.45) is 5.10 Å². The Morgan fingerprint density at radius 1 is 1.15 bits per heavy atom. The molecule has 1 amide bonds. The Morgan fingerprint density at radius 3 is 2.30 bits per heavy atom.